The van der Waals surface area contributed by atoms with Crippen molar-refractivity contribution >= 4 is 40.8 Å². The van der Waals surface area contributed by atoms with Gasteiger partial charge in [0.2, 0.25) is 5.75 Å². The number of halogens is 2. The molecule has 0 fully saturated rings. The van der Waals surface area contributed by atoms with Gasteiger partial charge in [0.05, 0.1) is 40.1 Å². The predicted octanol–water partition coefficient (Wildman–Crippen LogP) is 5.93. The molecule has 0 aliphatic rings. The minimum absolute atomic E-state index is 0.145. The van der Waals surface area contributed by atoms with Gasteiger partial charge in [0.25, 0.3) is 0 Å². The van der Waals surface area contributed by atoms with Gasteiger partial charge in [0.1, 0.15) is 5.75 Å². The number of hydrogen-bond donors (Lipinski definition) is 1. The third-order valence-electron chi connectivity index (χ3n) is 3.53. The summed E-state index contributed by atoms with van der Waals surface area (Å²) < 4.78 is 11.2. The topological polar surface area (TPSA) is 86.0 Å². The molecule has 2 aromatic rings. The monoisotopic (exact) mass is 425 g/mol. The number of ether oxygens (including phenoxy) is 2. The Labute approximate surface area is 173 Å². The van der Waals surface area contributed by atoms with Crippen molar-refractivity contribution in [3.05, 3.63) is 56.1 Å². The molecule has 150 valence electrons. The zero-order chi connectivity index (χ0) is 20.5. The van der Waals surface area contributed by atoms with Gasteiger partial charge in [-0.2, -0.15) is 5.10 Å². The molecule has 0 amide bonds. The van der Waals surface area contributed by atoms with Gasteiger partial charge in [-0.05, 0) is 31.0 Å². The highest BCUT2D eigenvalue weighted by atomic mass is 35.5. The Bertz CT molecular complexity index is 859. The van der Waals surface area contributed by atoms with Gasteiger partial charge < -0.3 is 9.47 Å². The zero-order valence-corrected chi connectivity index (χ0v) is 17.1. The summed E-state index contributed by atoms with van der Waals surface area (Å²) in [6, 6.07) is 7.90. The van der Waals surface area contributed by atoms with Crippen LogP contribution in [0, 0.1) is 10.1 Å². The molecule has 0 aliphatic heterocycles. The maximum absolute atomic E-state index is 11.4. The molecule has 2 rings (SSSR count). The number of nitrogens with one attached hydrogen (secondary N) is 1. The van der Waals surface area contributed by atoms with Gasteiger partial charge in [-0.3, -0.25) is 15.5 Å². The van der Waals surface area contributed by atoms with Gasteiger partial charge in [0.15, 0.2) is 0 Å². The van der Waals surface area contributed by atoms with Crippen LogP contribution in [0.3, 0.4) is 0 Å². The van der Waals surface area contributed by atoms with Crippen molar-refractivity contribution in [2.45, 2.75) is 26.7 Å². The summed E-state index contributed by atoms with van der Waals surface area (Å²) in [4.78, 5) is 10.9. The summed E-state index contributed by atoms with van der Waals surface area (Å²) in [5.74, 6) is 0.630. The number of nitro benzene ring substituents is 1. The van der Waals surface area contributed by atoms with Gasteiger partial charge in [-0.25, -0.2) is 0 Å². The highest BCUT2D eigenvalue weighted by Crippen LogP contribution is 2.34. The van der Waals surface area contributed by atoms with Gasteiger partial charge in [-0.1, -0.05) is 37.0 Å². The lowest BCUT2D eigenvalue weighted by Crippen LogP contribution is -2.04. The van der Waals surface area contributed by atoms with E-state index in [1.54, 1.807) is 18.2 Å². The second kappa shape index (κ2) is 10.7. The maximum Gasteiger partial charge on any atom is 0.311 e. The minimum atomic E-state index is -0.488. The van der Waals surface area contributed by atoms with Crippen molar-refractivity contribution < 1.29 is 14.4 Å². The van der Waals surface area contributed by atoms with E-state index in [4.69, 9.17) is 32.7 Å². The number of rotatable bonds is 10. The fourth-order valence-electron chi connectivity index (χ4n) is 2.22. The smallest absolute Gasteiger partial charge is 0.311 e. The molecule has 0 saturated carbocycles. The lowest BCUT2D eigenvalue weighted by molar-refractivity contribution is -0.385. The van der Waals surface area contributed by atoms with Crippen LogP contribution in [-0.4, -0.2) is 24.4 Å². The first-order chi connectivity index (χ1) is 13.5. The third kappa shape index (κ3) is 6.00. The van der Waals surface area contributed by atoms with Crippen molar-refractivity contribution in [1.82, 2.24) is 0 Å². The maximum atomic E-state index is 11.4. The molecule has 0 saturated heterocycles. The van der Waals surface area contributed by atoms with E-state index >= 15 is 0 Å². The van der Waals surface area contributed by atoms with Crippen LogP contribution in [0.4, 0.5) is 11.4 Å². The molecular formula is C19H21Cl2N3O4. The molecule has 0 spiro atoms. The molecule has 0 atom stereocenters. The SMILES string of the molecule is CCCOc1cc(OCCC)c([N+](=O)[O-])cc1C=NNc1ccc(Cl)c(Cl)c1. The van der Waals surface area contributed by atoms with E-state index in [2.05, 4.69) is 10.5 Å². The van der Waals surface area contributed by atoms with Gasteiger partial charge in [0, 0.05) is 17.7 Å². The van der Waals surface area contributed by atoms with Gasteiger partial charge >= 0.3 is 5.69 Å². The molecule has 9 heteroatoms. The van der Waals surface area contributed by atoms with Crippen molar-refractivity contribution in [2.75, 3.05) is 18.6 Å². The van der Waals surface area contributed by atoms with Crippen LogP contribution >= 0.6 is 23.2 Å². The Morgan fingerprint density at radius 2 is 1.75 bits per heavy atom. The van der Waals surface area contributed by atoms with Crippen LogP contribution < -0.4 is 14.9 Å². The number of anilines is 1. The standard InChI is InChI=1S/C19H21Cl2N3O4/c1-3-7-27-18-11-19(28-8-4-2)17(24(25)26)9-13(18)12-22-23-14-5-6-15(20)16(21)10-14/h5-6,9-12,23H,3-4,7-8H2,1-2H3. The number of hydrogen-bond acceptors (Lipinski definition) is 6. The summed E-state index contributed by atoms with van der Waals surface area (Å²) in [5.41, 5.74) is 3.75. The molecule has 0 bridgehead atoms. The number of nitro groups is 1. The third-order valence-corrected chi connectivity index (χ3v) is 4.27. The summed E-state index contributed by atoms with van der Waals surface area (Å²) in [6.45, 7) is 4.74. The van der Waals surface area contributed by atoms with E-state index in [0.717, 1.165) is 12.8 Å². The number of hydrazone groups is 1. The normalized spacial score (nSPS) is 10.9. The molecule has 0 heterocycles. The van der Waals surface area contributed by atoms with Gasteiger partial charge in [-0.15, -0.1) is 0 Å². The first-order valence-electron chi connectivity index (χ1n) is 8.78. The number of nitrogens with zero attached hydrogens (tertiary/aromatic N) is 2. The number of benzene rings is 2. The molecule has 0 aliphatic carbocycles. The predicted molar refractivity (Wildman–Crippen MR) is 112 cm³/mol. The van der Waals surface area contributed by atoms with E-state index in [9.17, 15) is 10.1 Å². The molecule has 0 aromatic heterocycles. The highest BCUT2D eigenvalue weighted by Gasteiger charge is 2.20. The van der Waals surface area contributed by atoms with Crippen LogP contribution in [-0.2, 0) is 0 Å². The lowest BCUT2D eigenvalue weighted by Gasteiger charge is -2.12. The average molecular weight is 426 g/mol. The van der Waals surface area contributed by atoms with E-state index in [1.807, 2.05) is 13.8 Å². The fourth-order valence-corrected chi connectivity index (χ4v) is 2.51. The second-order valence-electron chi connectivity index (χ2n) is 5.81. The Morgan fingerprint density at radius 1 is 1.07 bits per heavy atom. The van der Waals surface area contributed by atoms with Crippen LogP contribution in [0.1, 0.15) is 32.3 Å². The summed E-state index contributed by atoms with van der Waals surface area (Å²) >= 11 is 11.9. The quantitative estimate of drug-likeness (QED) is 0.289. The van der Waals surface area contributed by atoms with Crippen molar-refractivity contribution in [3.63, 3.8) is 0 Å². The van der Waals surface area contributed by atoms with E-state index in [1.165, 1.54) is 18.3 Å². The molecule has 1 N–H and O–H groups in total. The van der Waals surface area contributed by atoms with Crippen molar-refractivity contribution in [3.8, 4) is 11.5 Å². The van der Waals surface area contributed by atoms with Crippen LogP contribution in [0.2, 0.25) is 10.0 Å². The molecule has 0 unspecified atom stereocenters. The van der Waals surface area contributed by atoms with E-state index in [-0.39, 0.29) is 11.4 Å². The molecule has 7 nitrogen and oxygen atoms in total. The largest absolute Gasteiger partial charge is 0.493 e. The fraction of sp³-hybridized carbons (Fsp3) is 0.316. The second-order valence-corrected chi connectivity index (χ2v) is 6.63. The van der Waals surface area contributed by atoms with Crippen molar-refractivity contribution in [2.24, 2.45) is 5.10 Å². The summed E-state index contributed by atoms with van der Waals surface area (Å²) in [5, 5.41) is 16.4. The Balaban J connectivity index is 2.31. The molecular weight excluding hydrogens is 405 g/mol. The lowest BCUT2D eigenvalue weighted by atomic mass is 10.1. The van der Waals surface area contributed by atoms with Crippen molar-refractivity contribution in [1.29, 1.82) is 0 Å². The summed E-state index contributed by atoms with van der Waals surface area (Å²) in [6.07, 6.45) is 2.98. The zero-order valence-electron chi connectivity index (χ0n) is 15.6. The summed E-state index contributed by atoms with van der Waals surface area (Å²) in [7, 11) is 0. The molecule has 0 radical (unpaired) electrons. The first-order valence-corrected chi connectivity index (χ1v) is 9.54. The minimum Gasteiger partial charge on any atom is -0.493 e. The van der Waals surface area contributed by atoms with Crippen LogP contribution in [0.15, 0.2) is 35.4 Å². The van der Waals surface area contributed by atoms with Crippen LogP contribution in [0.5, 0.6) is 11.5 Å². The molecule has 28 heavy (non-hydrogen) atoms. The van der Waals surface area contributed by atoms with E-state index in [0.29, 0.717) is 40.3 Å². The Kier molecular flexibility index (Phi) is 8.35. The van der Waals surface area contributed by atoms with E-state index < -0.39 is 4.92 Å². The Morgan fingerprint density at radius 3 is 2.36 bits per heavy atom. The highest BCUT2D eigenvalue weighted by molar-refractivity contribution is 6.42. The Hall–Kier alpha value is -2.51. The molecule has 2 aromatic carbocycles. The van der Waals surface area contributed by atoms with Crippen LogP contribution in [0.25, 0.3) is 0 Å². The average Bonchev–Trinajstić information content (AvgIpc) is 2.67. The first kappa shape index (κ1) is 21.8.